The van der Waals surface area contributed by atoms with Gasteiger partial charge in [0.05, 0.1) is 11.1 Å². The Balaban J connectivity index is 1.85. The van der Waals surface area contributed by atoms with Crippen molar-refractivity contribution >= 4 is 49.5 Å². The van der Waals surface area contributed by atoms with E-state index in [4.69, 9.17) is 9.47 Å². The summed E-state index contributed by atoms with van der Waals surface area (Å²) < 4.78 is 13.3. The van der Waals surface area contributed by atoms with Crippen molar-refractivity contribution in [3.8, 4) is 23.3 Å². The Hall–Kier alpha value is -3.28. The van der Waals surface area contributed by atoms with Crippen LogP contribution in [0.15, 0.2) is 75.2 Å². The number of nitriles is 1. The van der Waals surface area contributed by atoms with Crippen molar-refractivity contribution < 1.29 is 19.4 Å². The molecule has 0 bridgehead atoms. The molecule has 0 aliphatic rings. The number of ether oxygens (including phenoxy) is 2. The molecule has 168 valence electrons. The van der Waals surface area contributed by atoms with Crippen molar-refractivity contribution in [3.63, 3.8) is 0 Å². The first-order valence-corrected chi connectivity index (χ1v) is 11.5. The number of rotatable bonds is 8. The third-order valence-electron chi connectivity index (χ3n) is 4.46. The molecule has 0 aliphatic carbocycles. The van der Waals surface area contributed by atoms with Crippen molar-refractivity contribution in [3.05, 3.63) is 86.3 Å². The second-order valence-corrected chi connectivity index (χ2v) is 8.52. The van der Waals surface area contributed by atoms with Crippen LogP contribution in [0.5, 0.6) is 17.2 Å². The summed E-state index contributed by atoms with van der Waals surface area (Å²) in [7, 11) is 0. The monoisotopic (exact) mass is 570 g/mol. The first kappa shape index (κ1) is 24.4. The summed E-state index contributed by atoms with van der Waals surface area (Å²) in [5, 5.41) is 21.5. The second-order valence-electron chi connectivity index (χ2n) is 6.81. The molecule has 6 nitrogen and oxygen atoms in total. The molecule has 0 aliphatic heterocycles. The van der Waals surface area contributed by atoms with Gasteiger partial charge in [-0.2, -0.15) is 5.26 Å². The molecule has 0 atom stereocenters. The van der Waals surface area contributed by atoms with Gasteiger partial charge in [0.1, 0.15) is 24.0 Å². The molecule has 1 amide bonds. The third-order valence-corrected chi connectivity index (χ3v) is 5.83. The van der Waals surface area contributed by atoms with E-state index in [0.717, 1.165) is 10.0 Å². The molecule has 0 radical (unpaired) electrons. The van der Waals surface area contributed by atoms with E-state index >= 15 is 0 Å². The molecule has 3 aromatic carbocycles. The largest absolute Gasteiger partial charge is 0.508 e. The fourth-order valence-corrected chi connectivity index (χ4v) is 3.87. The van der Waals surface area contributed by atoms with Gasteiger partial charge in [-0.1, -0.05) is 34.1 Å². The molecule has 0 aromatic heterocycles. The number of carbonyl (C=O) groups is 1. The minimum atomic E-state index is -0.563. The molecule has 0 saturated heterocycles. The number of halogens is 2. The minimum Gasteiger partial charge on any atom is -0.508 e. The predicted octanol–water partition coefficient (Wildman–Crippen LogP) is 6.44. The standard InChI is InChI=1S/C25H20Br2N2O4/c1-2-32-23-13-16(11-18(14-28)25(31)29-19-7-9-20(30)10-8-19)12-22(27)24(23)33-15-17-5-3-4-6-21(17)26/h3-13,30H,2,15H2,1H3,(H,29,31)/b18-11+. The lowest BCUT2D eigenvalue weighted by Crippen LogP contribution is -2.13. The van der Waals surface area contributed by atoms with Crippen LogP contribution in [-0.4, -0.2) is 17.6 Å². The summed E-state index contributed by atoms with van der Waals surface area (Å²) in [4.78, 5) is 12.6. The zero-order valence-corrected chi connectivity index (χ0v) is 20.8. The normalized spacial score (nSPS) is 10.9. The van der Waals surface area contributed by atoms with E-state index < -0.39 is 5.91 Å². The Labute approximate surface area is 208 Å². The fraction of sp³-hybridized carbons (Fsp3) is 0.120. The van der Waals surface area contributed by atoms with Gasteiger partial charge in [-0.25, -0.2) is 0 Å². The third kappa shape index (κ3) is 6.60. The average molecular weight is 572 g/mol. The first-order valence-electron chi connectivity index (χ1n) is 9.96. The maximum absolute atomic E-state index is 12.6. The van der Waals surface area contributed by atoms with Crippen molar-refractivity contribution in [1.29, 1.82) is 5.26 Å². The van der Waals surface area contributed by atoms with Gasteiger partial charge in [0, 0.05) is 15.7 Å². The summed E-state index contributed by atoms with van der Waals surface area (Å²) in [5.41, 5.74) is 1.95. The Morgan fingerprint density at radius 2 is 1.82 bits per heavy atom. The molecular formula is C25H20Br2N2O4. The van der Waals surface area contributed by atoms with Crippen LogP contribution in [0.4, 0.5) is 5.69 Å². The van der Waals surface area contributed by atoms with Crippen LogP contribution in [0, 0.1) is 11.3 Å². The maximum atomic E-state index is 12.6. The van der Waals surface area contributed by atoms with Crippen molar-refractivity contribution in [2.24, 2.45) is 0 Å². The molecule has 3 rings (SSSR count). The van der Waals surface area contributed by atoms with Gasteiger partial charge in [0.2, 0.25) is 0 Å². The van der Waals surface area contributed by atoms with Gasteiger partial charge < -0.3 is 19.9 Å². The average Bonchev–Trinajstić information content (AvgIpc) is 2.79. The van der Waals surface area contributed by atoms with E-state index in [2.05, 4.69) is 37.2 Å². The molecule has 0 unspecified atom stereocenters. The summed E-state index contributed by atoms with van der Waals surface area (Å²) in [6.07, 6.45) is 1.47. The molecule has 0 heterocycles. The summed E-state index contributed by atoms with van der Waals surface area (Å²) >= 11 is 7.03. The number of nitrogens with one attached hydrogen (secondary N) is 1. The molecule has 0 spiro atoms. The van der Waals surface area contributed by atoms with E-state index in [-0.39, 0.29) is 11.3 Å². The van der Waals surface area contributed by atoms with Crippen LogP contribution < -0.4 is 14.8 Å². The van der Waals surface area contributed by atoms with Gasteiger partial charge in [-0.15, -0.1) is 0 Å². The fourth-order valence-electron chi connectivity index (χ4n) is 2.90. The molecule has 33 heavy (non-hydrogen) atoms. The SMILES string of the molecule is CCOc1cc(/C=C(\C#N)C(=O)Nc2ccc(O)cc2)cc(Br)c1OCc1ccccc1Br. The number of amides is 1. The highest BCUT2D eigenvalue weighted by molar-refractivity contribution is 9.10. The van der Waals surface area contributed by atoms with E-state index in [0.29, 0.717) is 40.4 Å². The number of carbonyl (C=O) groups excluding carboxylic acids is 1. The lowest BCUT2D eigenvalue weighted by atomic mass is 10.1. The van der Waals surface area contributed by atoms with Gasteiger partial charge in [-0.3, -0.25) is 4.79 Å². The van der Waals surface area contributed by atoms with Crippen molar-refractivity contribution in [2.45, 2.75) is 13.5 Å². The van der Waals surface area contributed by atoms with Crippen LogP contribution >= 0.6 is 31.9 Å². The molecular weight excluding hydrogens is 552 g/mol. The number of hydrogen-bond donors (Lipinski definition) is 2. The Morgan fingerprint density at radius 3 is 2.48 bits per heavy atom. The van der Waals surface area contributed by atoms with Crippen LogP contribution in [0.25, 0.3) is 6.08 Å². The highest BCUT2D eigenvalue weighted by Crippen LogP contribution is 2.38. The maximum Gasteiger partial charge on any atom is 0.266 e. The first-order chi connectivity index (χ1) is 15.9. The molecule has 8 heteroatoms. The van der Waals surface area contributed by atoms with Crippen molar-refractivity contribution in [2.75, 3.05) is 11.9 Å². The zero-order valence-electron chi connectivity index (χ0n) is 17.6. The topological polar surface area (TPSA) is 91.6 Å². The Kier molecular flexibility index (Phi) is 8.52. The van der Waals surface area contributed by atoms with Crippen LogP contribution in [-0.2, 0) is 11.4 Å². The van der Waals surface area contributed by atoms with Gasteiger partial charge >= 0.3 is 0 Å². The highest BCUT2D eigenvalue weighted by Gasteiger charge is 2.15. The predicted molar refractivity (Wildman–Crippen MR) is 134 cm³/mol. The van der Waals surface area contributed by atoms with E-state index in [9.17, 15) is 15.2 Å². The molecule has 3 aromatic rings. The number of anilines is 1. The number of benzene rings is 3. The van der Waals surface area contributed by atoms with Crippen molar-refractivity contribution in [1.82, 2.24) is 0 Å². The van der Waals surface area contributed by atoms with E-state index in [1.54, 1.807) is 24.3 Å². The minimum absolute atomic E-state index is 0.0827. The number of aromatic hydroxyl groups is 1. The van der Waals surface area contributed by atoms with Gasteiger partial charge in [0.25, 0.3) is 5.91 Å². The van der Waals surface area contributed by atoms with Gasteiger partial charge in [0.15, 0.2) is 11.5 Å². The van der Waals surface area contributed by atoms with E-state index in [1.165, 1.54) is 18.2 Å². The molecule has 2 N–H and O–H groups in total. The smallest absolute Gasteiger partial charge is 0.266 e. The van der Waals surface area contributed by atoms with Crippen LogP contribution in [0.1, 0.15) is 18.1 Å². The number of nitrogens with zero attached hydrogens (tertiary/aromatic N) is 1. The number of hydrogen-bond acceptors (Lipinski definition) is 5. The Bertz CT molecular complexity index is 1220. The van der Waals surface area contributed by atoms with Gasteiger partial charge in [-0.05, 0) is 77.0 Å². The lowest BCUT2D eigenvalue weighted by molar-refractivity contribution is -0.112. The Morgan fingerprint density at radius 1 is 1.09 bits per heavy atom. The lowest BCUT2D eigenvalue weighted by Gasteiger charge is -2.15. The molecule has 0 saturated carbocycles. The highest BCUT2D eigenvalue weighted by atomic mass is 79.9. The summed E-state index contributed by atoms with van der Waals surface area (Å²) in [6.45, 7) is 2.60. The zero-order chi connectivity index (χ0) is 23.8. The molecule has 0 fully saturated rings. The summed E-state index contributed by atoms with van der Waals surface area (Å²) in [6, 6.07) is 19.1. The van der Waals surface area contributed by atoms with Crippen LogP contribution in [0.2, 0.25) is 0 Å². The number of phenols is 1. The summed E-state index contributed by atoms with van der Waals surface area (Å²) in [5.74, 6) is 0.532. The number of phenolic OH excluding ortho intramolecular Hbond substituents is 1. The van der Waals surface area contributed by atoms with E-state index in [1.807, 2.05) is 37.3 Å². The van der Waals surface area contributed by atoms with Crippen LogP contribution in [0.3, 0.4) is 0 Å². The second kappa shape index (κ2) is 11.5. The quantitative estimate of drug-likeness (QED) is 0.184.